The highest BCUT2D eigenvalue weighted by Crippen LogP contribution is 2.24. The number of hydrogen-bond donors (Lipinski definition) is 3. The standard InChI is InChI=1S/C23H26N2O8.C16H18N2O6.C7H10O3/c1-14(26)23(15(2)27,16(3)28)19(29)12-33-13-20(30)24-18-7-4-17(5-8-18)6-9-21(31)25-11-10-22(25)32;19-13(9-24-10-16(22)23)17-12-4-1-11(2-5-12)3-6-14(20)18-8-7-15(18)21;1-4(8)7(5(2)9)6(3)10/h4-5,7-8H,6,9-13H2,1-3H3,(H,24,30);1-2,4-5H,3,6-10H2,(H,17,19)(H,22,23);7H,1-3H3. The van der Waals surface area contributed by atoms with Crippen molar-refractivity contribution < 1.29 is 81.7 Å². The van der Waals surface area contributed by atoms with E-state index in [2.05, 4.69) is 15.4 Å². The first-order valence-electron chi connectivity index (χ1n) is 20.8. The summed E-state index contributed by atoms with van der Waals surface area (Å²) in [6.45, 7) is 5.50. The molecule has 4 rings (SSSR count). The maximum absolute atomic E-state index is 12.4. The summed E-state index contributed by atoms with van der Waals surface area (Å²) in [4.78, 5) is 162. The smallest absolute Gasteiger partial charge is 0.329 e. The number of carboxylic acid groups (broad SMARTS) is 1. The number of nitrogens with one attached hydrogen (secondary N) is 2. The molecule has 2 fully saturated rings. The van der Waals surface area contributed by atoms with Crippen molar-refractivity contribution in [1.82, 2.24) is 9.80 Å². The molecule has 6 amide bonds. The zero-order valence-electron chi connectivity index (χ0n) is 38.1. The lowest BCUT2D eigenvalue weighted by atomic mass is 9.73. The zero-order chi connectivity index (χ0) is 50.6. The molecule has 67 heavy (non-hydrogen) atoms. The number of Topliss-reactive ketones (excluding diaryl/α,β-unsaturated/α-hetero) is 7. The maximum atomic E-state index is 12.4. The van der Waals surface area contributed by atoms with Crippen molar-refractivity contribution in [2.45, 2.75) is 80.1 Å². The molecule has 0 atom stereocenters. The van der Waals surface area contributed by atoms with E-state index < -0.39 is 72.1 Å². The molecule has 360 valence electrons. The minimum absolute atomic E-state index is 0.122. The molecule has 0 radical (unpaired) electrons. The summed E-state index contributed by atoms with van der Waals surface area (Å²) in [6, 6.07) is 13.6. The Labute approximate surface area is 385 Å². The van der Waals surface area contributed by atoms with E-state index in [1.54, 1.807) is 48.5 Å². The fraction of sp³-hybridized carbons (Fsp3) is 0.435. The maximum Gasteiger partial charge on any atom is 0.329 e. The van der Waals surface area contributed by atoms with E-state index >= 15 is 0 Å². The summed E-state index contributed by atoms with van der Waals surface area (Å²) in [5, 5.41) is 13.5. The summed E-state index contributed by atoms with van der Waals surface area (Å²) in [5.41, 5.74) is 0.360. The van der Waals surface area contributed by atoms with Gasteiger partial charge in [0.2, 0.25) is 40.9 Å². The molecule has 21 nitrogen and oxygen atoms in total. The average Bonchev–Trinajstić information content (AvgIpc) is 3.21. The van der Waals surface area contributed by atoms with Gasteiger partial charge >= 0.3 is 5.97 Å². The van der Waals surface area contributed by atoms with Crippen molar-refractivity contribution in [2.75, 3.05) is 50.2 Å². The van der Waals surface area contributed by atoms with Crippen LogP contribution < -0.4 is 10.6 Å². The Morgan fingerprint density at radius 3 is 1.15 bits per heavy atom. The molecule has 0 bridgehead atoms. The van der Waals surface area contributed by atoms with Crippen LogP contribution in [0.4, 0.5) is 11.4 Å². The van der Waals surface area contributed by atoms with Gasteiger partial charge in [-0.15, -0.1) is 0 Å². The highest BCUT2D eigenvalue weighted by atomic mass is 16.5. The van der Waals surface area contributed by atoms with Gasteiger partial charge in [-0.25, -0.2) is 4.79 Å². The lowest BCUT2D eigenvalue weighted by Gasteiger charge is -2.28. The van der Waals surface area contributed by atoms with Crippen molar-refractivity contribution in [3.8, 4) is 0 Å². The van der Waals surface area contributed by atoms with Crippen LogP contribution in [-0.4, -0.2) is 136 Å². The average molecular weight is 935 g/mol. The quantitative estimate of drug-likeness (QED) is 0.105. The fourth-order valence-corrected chi connectivity index (χ4v) is 6.60. The molecule has 0 aliphatic carbocycles. The van der Waals surface area contributed by atoms with Crippen LogP contribution in [0.25, 0.3) is 0 Å². The number of aliphatic carboxylic acids is 1. The van der Waals surface area contributed by atoms with Gasteiger partial charge in [0, 0.05) is 50.1 Å². The number of ether oxygens (including phenoxy) is 2. The monoisotopic (exact) mass is 934 g/mol. The number of imide groups is 2. The van der Waals surface area contributed by atoms with Crippen LogP contribution in [0.3, 0.4) is 0 Å². The van der Waals surface area contributed by atoms with Crippen LogP contribution in [0, 0.1) is 11.3 Å². The second-order valence-electron chi connectivity index (χ2n) is 15.4. The molecule has 2 heterocycles. The number of aryl methyl sites for hydroxylation is 2. The van der Waals surface area contributed by atoms with Crippen molar-refractivity contribution in [2.24, 2.45) is 11.3 Å². The number of anilines is 2. The number of carbonyl (C=O) groups excluding carboxylic acids is 13. The van der Waals surface area contributed by atoms with Crippen molar-refractivity contribution >= 4 is 93.3 Å². The van der Waals surface area contributed by atoms with Gasteiger partial charge in [-0.3, -0.25) is 72.1 Å². The van der Waals surface area contributed by atoms with E-state index in [0.717, 1.165) is 31.9 Å². The minimum atomic E-state index is -2.41. The van der Waals surface area contributed by atoms with Gasteiger partial charge < -0.3 is 25.2 Å². The summed E-state index contributed by atoms with van der Waals surface area (Å²) in [5.74, 6) is -8.66. The third kappa shape index (κ3) is 17.2. The predicted octanol–water partition coefficient (Wildman–Crippen LogP) is 1.44. The van der Waals surface area contributed by atoms with E-state index in [1.165, 1.54) is 30.6 Å². The van der Waals surface area contributed by atoms with Crippen molar-refractivity contribution in [1.29, 1.82) is 0 Å². The van der Waals surface area contributed by atoms with E-state index in [-0.39, 0.29) is 60.4 Å². The van der Waals surface area contributed by atoms with Gasteiger partial charge in [0.25, 0.3) is 0 Å². The van der Waals surface area contributed by atoms with E-state index in [1.807, 2.05) is 0 Å². The molecule has 3 N–H and O–H groups in total. The third-order valence-electron chi connectivity index (χ3n) is 10.2. The zero-order valence-corrected chi connectivity index (χ0v) is 38.1. The van der Waals surface area contributed by atoms with Gasteiger partial charge in [-0.2, -0.15) is 0 Å². The number of β-lactam (4-membered cyclic amide) rings is 2. The van der Waals surface area contributed by atoms with Gasteiger partial charge in [0.1, 0.15) is 49.7 Å². The summed E-state index contributed by atoms with van der Waals surface area (Å²) >= 11 is 0. The largest absolute Gasteiger partial charge is 0.480 e. The van der Waals surface area contributed by atoms with Crippen LogP contribution in [0.15, 0.2) is 48.5 Å². The lowest BCUT2D eigenvalue weighted by molar-refractivity contribution is -0.156. The number of carboxylic acids is 1. The second kappa shape index (κ2) is 26.6. The van der Waals surface area contributed by atoms with E-state index in [9.17, 15) is 67.1 Å². The minimum Gasteiger partial charge on any atom is -0.480 e. The fourth-order valence-electron chi connectivity index (χ4n) is 6.60. The first-order chi connectivity index (χ1) is 31.4. The van der Waals surface area contributed by atoms with Gasteiger partial charge in [-0.1, -0.05) is 24.3 Å². The molecule has 0 unspecified atom stereocenters. The Balaban J connectivity index is 0.000000394. The SMILES string of the molecule is CC(=O)C(C(C)=O)(C(C)=O)C(=O)COCC(=O)Nc1ccc(CCC(=O)N2CCC2=O)cc1.CC(=O)C(C(C)=O)C(C)=O.O=C(O)COCC(=O)Nc1ccc(CCC(=O)N2CCC2=O)cc1. The van der Waals surface area contributed by atoms with Crippen LogP contribution in [0.1, 0.15) is 78.4 Å². The molecule has 2 aliphatic rings. The van der Waals surface area contributed by atoms with E-state index in [4.69, 9.17) is 9.84 Å². The topological polar surface area (TPSA) is 308 Å². The molecule has 2 aromatic carbocycles. The highest BCUT2D eigenvalue weighted by molar-refractivity contribution is 6.38. The van der Waals surface area contributed by atoms with Crippen molar-refractivity contribution in [3.63, 3.8) is 0 Å². The molecule has 2 saturated heterocycles. The molecular formula is C46H54N4O17. The molecular weight excluding hydrogens is 881 g/mol. The highest BCUT2D eigenvalue weighted by Gasteiger charge is 2.52. The van der Waals surface area contributed by atoms with Gasteiger partial charge in [0.05, 0.1) is 0 Å². The number of hydrogen-bond acceptors (Lipinski definition) is 16. The third-order valence-corrected chi connectivity index (χ3v) is 10.2. The Morgan fingerprint density at radius 2 is 0.896 bits per heavy atom. The molecule has 0 saturated carbocycles. The number of likely N-dealkylation sites (tertiary alicyclic amines) is 2. The van der Waals surface area contributed by atoms with Crippen LogP contribution >= 0.6 is 0 Å². The Morgan fingerprint density at radius 1 is 0.552 bits per heavy atom. The molecule has 0 spiro atoms. The molecule has 2 aliphatic heterocycles. The number of benzene rings is 2. The number of nitrogens with zero attached hydrogens (tertiary/aromatic N) is 2. The summed E-state index contributed by atoms with van der Waals surface area (Å²) in [7, 11) is 0. The Bertz CT molecular complexity index is 2200. The lowest BCUT2D eigenvalue weighted by Crippen LogP contribution is -2.51. The van der Waals surface area contributed by atoms with E-state index in [0.29, 0.717) is 50.1 Å². The number of ketones is 7. The Hall–Kier alpha value is -7.26. The summed E-state index contributed by atoms with van der Waals surface area (Å²) < 4.78 is 9.72. The first kappa shape index (κ1) is 55.9. The van der Waals surface area contributed by atoms with Crippen LogP contribution in [0.2, 0.25) is 0 Å². The predicted molar refractivity (Wildman–Crippen MR) is 234 cm³/mol. The van der Waals surface area contributed by atoms with Crippen LogP contribution in [-0.2, 0) is 89.4 Å². The van der Waals surface area contributed by atoms with Gasteiger partial charge in [-0.05, 0) is 89.8 Å². The van der Waals surface area contributed by atoms with Gasteiger partial charge in [0.15, 0.2) is 23.1 Å². The van der Waals surface area contributed by atoms with Crippen LogP contribution in [0.5, 0.6) is 0 Å². The number of rotatable bonds is 23. The normalized spacial score (nSPS) is 12.7. The van der Waals surface area contributed by atoms with Crippen molar-refractivity contribution in [3.05, 3.63) is 59.7 Å². The second-order valence-corrected chi connectivity index (χ2v) is 15.4. The summed E-state index contributed by atoms with van der Waals surface area (Å²) in [6.07, 6.45) is 2.28. The molecule has 2 aromatic rings. The number of amides is 6. The molecule has 0 aromatic heterocycles. The number of carbonyl (C=O) groups is 14. The molecule has 21 heteroatoms. The Kier molecular flexibility index (Phi) is 22.2. The first-order valence-corrected chi connectivity index (χ1v) is 20.8.